The molecule has 0 heterocycles. The second-order valence-corrected chi connectivity index (χ2v) is 15.7. The van der Waals surface area contributed by atoms with E-state index in [2.05, 4.69) is 139 Å². The van der Waals surface area contributed by atoms with Gasteiger partial charge in [0.25, 0.3) is 0 Å². The standard InChI is InChI=1S/C22H34.C18H36.C16H32/c1-3-5-7-9-11-13-15-17-19-21-22-20-18-16-14-12-10-8-6-4-2;1-3-5-7-9-11-13-15-17-18-16-14-12-10-8-6-4-2;1-3-5-7-9-11-13-15-16-14-12-10-8-6-4-2/h5,7-8,10-11,13-14,16-17,19-20,22H,3-4,6,9,12,15,18,21H2,1-2H3;17-18H,3-16H2,1-2H3;3,5H,4,6-16H2,1-2H3/b7-5-,10-8-,13-11-,16-14-,19-17-,22-20-;18-17-;5-3-. The van der Waals surface area contributed by atoms with Gasteiger partial charge < -0.3 is 0 Å². The molecule has 326 valence electrons. The van der Waals surface area contributed by atoms with E-state index in [4.69, 9.17) is 0 Å². The lowest BCUT2D eigenvalue weighted by molar-refractivity contribution is 0.550. The molecule has 0 atom stereocenters. The molecule has 0 radical (unpaired) electrons. The fourth-order valence-corrected chi connectivity index (χ4v) is 6.22. The second kappa shape index (κ2) is 62.1. The van der Waals surface area contributed by atoms with Crippen LogP contribution in [0.3, 0.4) is 0 Å². The van der Waals surface area contributed by atoms with Crippen LogP contribution in [-0.2, 0) is 0 Å². The van der Waals surface area contributed by atoms with E-state index in [1.54, 1.807) is 0 Å². The van der Waals surface area contributed by atoms with Gasteiger partial charge >= 0.3 is 0 Å². The maximum Gasteiger partial charge on any atom is -0.0169 e. The number of allylic oxidation sites excluding steroid dienone is 16. The Morgan fingerprint density at radius 1 is 0.214 bits per heavy atom. The lowest BCUT2D eigenvalue weighted by Crippen LogP contribution is -1.81. The van der Waals surface area contributed by atoms with Crippen molar-refractivity contribution in [2.24, 2.45) is 0 Å². The Morgan fingerprint density at radius 2 is 0.464 bits per heavy atom. The third kappa shape index (κ3) is 66.7. The van der Waals surface area contributed by atoms with Gasteiger partial charge in [-0.1, -0.05) is 267 Å². The first-order valence-corrected chi connectivity index (χ1v) is 24.9. The Bertz CT molecular complexity index is 869. The minimum absolute atomic E-state index is 1.04. The van der Waals surface area contributed by atoms with Crippen molar-refractivity contribution >= 4 is 0 Å². The number of rotatable bonds is 39. The van der Waals surface area contributed by atoms with Gasteiger partial charge in [0, 0.05) is 0 Å². The molecular formula is C56H102. The van der Waals surface area contributed by atoms with Gasteiger partial charge in [-0.05, 0) is 90.4 Å². The summed E-state index contributed by atoms with van der Waals surface area (Å²) in [6.07, 6.45) is 81.7. The fourth-order valence-electron chi connectivity index (χ4n) is 6.22. The highest BCUT2D eigenvalue weighted by Crippen LogP contribution is 2.12. The van der Waals surface area contributed by atoms with Crippen molar-refractivity contribution in [3.8, 4) is 0 Å². The van der Waals surface area contributed by atoms with Crippen LogP contribution in [0.1, 0.15) is 260 Å². The summed E-state index contributed by atoms with van der Waals surface area (Å²) < 4.78 is 0. The Labute approximate surface area is 355 Å². The minimum Gasteiger partial charge on any atom is -0.0917 e. The van der Waals surface area contributed by atoms with Gasteiger partial charge in [-0.15, -0.1) is 0 Å². The molecule has 0 N–H and O–H groups in total. The fraction of sp³-hybridized carbons (Fsp3) is 0.714. The molecule has 0 rings (SSSR count). The highest BCUT2D eigenvalue weighted by Gasteiger charge is 1.93. The van der Waals surface area contributed by atoms with Gasteiger partial charge in [0.2, 0.25) is 0 Å². The quantitative estimate of drug-likeness (QED) is 0.0431. The summed E-state index contributed by atoms with van der Waals surface area (Å²) in [5.41, 5.74) is 0. The highest BCUT2D eigenvalue weighted by atomic mass is 14.0. The zero-order valence-corrected chi connectivity index (χ0v) is 39.3. The van der Waals surface area contributed by atoms with Crippen LogP contribution < -0.4 is 0 Å². The lowest BCUT2D eigenvalue weighted by Gasteiger charge is -2.01. The van der Waals surface area contributed by atoms with Crippen LogP contribution in [0.4, 0.5) is 0 Å². The van der Waals surface area contributed by atoms with Gasteiger partial charge in [0.15, 0.2) is 0 Å². The maximum atomic E-state index is 2.41. The van der Waals surface area contributed by atoms with E-state index in [0.717, 1.165) is 38.5 Å². The molecule has 0 aromatic carbocycles. The summed E-state index contributed by atoms with van der Waals surface area (Å²) in [4.78, 5) is 0. The van der Waals surface area contributed by atoms with Crippen LogP contribution in [-0.4, -0.2) is 0 Å². The molecule has 0 nitrogen and oxygen atoms in total. The third-order valence-electron chi connectivity index (χ3n) is 9.88. The predicted molar refractivity (Wildman–Crippen MR) is 264 cm³/mol. The number of unbranched alkanes of at least 4 members (excludes halogenated alkanes) is 24. The van der Waals surface area contributed by atoms with Crippen molar-refractivity contribution < 1.29 is 0 Å². The van der Waals surface area contributed by atoms with E-state index in [-0.39, 0.29) is 0 Å². The van der Waals surface area contributed by atoms with Crippen molar-refractivity contribution in [2.75, 3.05) is 0 Å². The molecule has 0 aromatic rings. The first kappa shape index (κ1) is 58.2. The van der Waals surface area contributed by atoms with Gasteiger partial charge in [-0.3, -0.25) is 0 Å². The molecule has 0 aromatic heterocycles. The average Bonchev–Trinajstić information content (AvgIpc) is 3.21. The minimum atomic E-state index is 1.04. The highest BCUT2D eigenvalue weighted by molar-refractivity contribution is 5.01. The van der Waals surface area contributed by atoms with E-state index >= 15 is 0 Å². The molecule has 0 saturated heterocycles. The van der Waals surface area contributed by atoms with Gasteiger partial charge in [-0.2, -0.15) is 0 Å². The van der Waals surface area contributed by atoms with Crippen molar-refractivity contribution in [3.63, 3.8) is 0 Å². The summed E-state index contributed by atoms with van der Waals surface area (Å²) in [5, 5.41) is 0. The van der Waals surface area contributed by atoms with Crippen LogP contribution in [0.2, 0.25) is 0 Å². The Morgan fingerprint density at radius 3 is 0.750 bits per heavy atom. The number of hydrogen-bond donors (Lipinski definition) is 0. The molecule has 0 spiro atoms. The van der Waals surface area contributed by atoms with Crippen molar-refractivity contribution in [2.45, 2.75) is 260 Å². The Balaban J connectivity index is -0.000000763. The second-order valence-electron chi connectivity index (χ2n) is 15.7. The van der Waals surface area contributed by atoms with Crippen molar-refractivity contribution in [3.05, 3.63) is 97.2 Å². The van der Waals surface area contributed by atoms with Gasteiger partial charge in [0.1, 0.15) is 0 Å². The Kier molecular flexibility index (Phi) is 64.6. The van der Waals surface area contributed by atoms with E-state index < -0.39 is 0 Å². The topological polar surface area (TPSA) is 0 Å². The van der Waals surface area contributed by atoms with Crippen LogP contribution >= 0.6 is 0 Å². The zero-order chi connectivity index (χ0) is 41.4. The molecule has 0 heteroatoms. The molecule has 0 saturated carbocycles. The first-order chi connectivity index (χ1) is 27.7. The maximum absolute atomic E-state index is 2.41. The van der Waals surface area contributed by atoms with Crippen molar-refractivity contribution in [1.82, 2.24) is 0 Å². The molecule has 0 bridgehead atoms. The summed E-state index contributed by atoms with van der Waals surface area (Å²) in [7, 11) is 0. The molecule has 0 unspecified atom stereocenters. The van der Waals surface area contributed by atoms with E-state index in [0.29, 0.717) is 0 Å². The van der Waals surface area contributed by atoms with Crippen LogP contribution in [0.15, 0.2) is 97.2 Å². The number of hydrogen-bond acceptors (Lipinski definition) is 0. The summed E-state index contributed by atoms with van der Waals surface area (Å²) in [6, 6.07) is 0. The van der Waals surface area contributed by atoms with Crippen LogP contribution in [0.25, 0.3) is 0 Å². The smallest absolute Gasteiger partial charge is 0.0169 e. The van der Waals surface area contributed by atoms with Crippen molar-refractivity contribution in [1.29, 1.82) is 0 Å². The zero-order valence-electron chi connectivity index (χ0n) is 39.3. The average molecular weight is 775 g/mol. The third-order valence-corrected chi connectivity index (χ3v) is 9.88. The van der Waals surface area contributed by atoms with E-state index in [1.807, 2.05) is 0 Å². The summed E-state index contributed by atoms with van der Waals surface area (Å²) in [5.74, 6) is 0. The molecule has 0 aliphatic rings. The SMILES string of the molecule is C/C=C\CCCCCCCCCCCCC.CC/C=C\C/C=C\C/C=C\C/C=C\C/C=C\C/C=C\CCC.CCCCCCCC/C=C\CCCCCCCC. The molecule has 0 aliphatic heterocycles. The molecule has 0 amide bonds. The first-order valence-electron chi connectivity index (χ1n) is 24.9. The molecule has 0 aliphatic carbocycles. The molecule has 0 fully saturated rings. The summed E-state index contributed by atoms with van der Waals surface area (Å²) >= 11 is 0. The normalized spacial score (nSPS) is 12.2. The summed E-state index contributed by atoms with van der Waals surface area (Å²) in [6.45, 7) is 13.3. The largest absolute Gasteiger partial charge is 0.0917 e. The van der Waals surface area contributed by atoms with Gasteiger partial charge in [-0.25, -0.2) is 0 Å². The van der Waals surface area contributed by atoms with E-state index in [1.165, 1.54) is 180 Å². The van der Waals surface area contributed by atoms with E-state index in [9.17, 15) is 0 Å². The Hall–Kier alpha value is -2.08. The predicted octanol–water partition coefficient (Wildman–Crippen LogP) is 20.8. The van der Waals surface area contributed by atoms with Gasteiger partial charge in [0.05, 0.1) is 0 Å². The van der Waals surface area contributed by atoms with Crippen LogP contribution in [0, 0.1) is 0 Å². The van der Waals surface area contributed by atoms with Crippen LogP contribution in [0.5, 0.6) is 0 Å². The molecule has 56 heavy (non-hydrogen) atoms. The lowest BCUT2D eigenvalue weighted by atomic mass is 10.1. The monoisotopic (exact) mass is 775 g/mol. The molecular weight excluding hydrogens is 673 g/mol.